The van der Waals surface area contributed by atoms with Crippen molar-refractivity contribution in [3.63, 3.8) is 0 Å². The van der Waals surface area contributed by atoms with Crippen LogP contribution in [0.5, 0.6) is 11.5 Å². The van der Waals surface area contributed by atoms with Crippen LogP contribution >= 0.6 is 0 Å². The maximum Gasteiger partial charge on any atom is 0.275 e. The van der Waals surface area contributed by atoms with Gasteiger partial charge in [0.25, 0.3) is 5.91 Å². The smallest absolute Gasteiger partial charge is 0.275 e. The van der Waals surface area contributed by atoms with Crippen LogP contribution in [0.1, 0.15) is 31.2 Å². The molecule has 1 aliphatic heterocycles. The molecule has 0 saturated heterocycles. The molecule has 1 aromatic carbocycles. The zero-order valence-electron chi connectivity index (χ0n) is 13.4. The third-order valence-corrected chi connectivity index (χ3v) is 4.79. The summed E-state index contributed by atoms with van der Waals surface area (Å²) in [6.07, 6.45) is 5.07. The minimum absolute atomic E-state index is 0.106. The van der Waals surface area contributed by atoms with E-state index in [4.69, 9.17) is 9.47 Å². The molecule has 1 aromatic rings. The van der Waals surface area contributed by atoms with Gasteiger partial charge in [-0.15, -0.1) is 0 Å². The van der Waals surface area contributed by atoms with Crippen LogP contribution in [-0.2, 0) is 11.3 Å². The number of hydrogen-bond donors (Lipinski definition) is 1. The lowest BCUT2D eigenvalue weighted by Crippen LogP contribution is -2.52. The molecule has 5 nitrogen and oxygen atoms in total. The summed E-state index contributed by atoms with van der Waals surface area (Å²) in [5.74, 6) is 1.64. The standard InChI is InChI=1S/C17H24N2O3/c1-19(2,14-5-3-4-6-14)11-17(20)18-10-13-7-8-15-16(9-13)22-12-21-15/h7-9,14H,3-6,10-12H2,1-2H3/p+1. The third kappa shape index (κ3) is 3.35. The summed E-state index contributed by atoms with van der Waals surface area (Å²) in [6, 6.07) is 6.41. The van der Waals surface area contributed by atoms with Crippen molar-refractivity contribution in [2.24, 2.45) is 0 Å². The molecule has 120 valence electrons. The fraction of sp³-hybridized carbons (Fsp3) is 0.588. The van der Waals surface area contributed by atoms with Crippen molar-refractivity contribution in [2.75, 3.05) is 27.4 Å². The SMILES string of the molecule is C[N+](C)(CC(=O)NCc1ccc2c(c1)OCO2)C1CCCC1. The number of hydrogen-bond acceptors (Lipinski definition) is 3. The van der Waals surface area contributed by atoms with Gasteiger partial charge in [0.15, 0.2) is 18.0 Å². The number of carbonyl (C=O) groups excluding carboxylic acids is 1. The van der Waals surface area contributed by atoms with Crippen LogP contribution in [0.25, 0.3) is 0 Å². The molecular formula is C17H25N2O3+. The highest BCUT2D eigenvalue weighted by molar-refractivity contribution is 5.77. The van der Waals surface area contributed by atoms with Gasteiger partial charge in [0, 0.05) is 6.54 Å². The van der Waals surface area contributed by atoms with Crippen molar-refractivity contribution in [1.29, 1.82) is 0 Å². The normalized spacial score (nSPS) is 17.7. The Morgan fingerprint density at radius 1 is 1.23 bits per heavy atom. The second-order valence-electron chi connectivity index (χ2n) is 6.84. The van der Waals surface area contributed by atoms with Crippen LogP contribution in [0.2, 0.25) is 0 Å². The number of nitrogens with one attached hydrogen (secondary N) is 1. The maximum atomic E-state index is 12.2. The van der Waals surface area contributed by atoms with Gasteiger partial charge in [-0.25, -0.2) is 0 Å². The zero-order valence-corrected chi connectivity index (χ0v) is 13.4. The molecule has 1 saturated carbocycles. The molecule has 0 bridgehead atoms. The molecule has 2 aliphatic rings. The largest absolute Gasteiger partial charge is 0.454 e. The van der Waals surface area contributed by atoms with Gasteiger partial charge in [0.05, 0.1) is 20.1 Å². The Kier molecular flexibility index (Phi) is 4.25. The second kappa shape index (κ2) is 6.16. The minimum atomic E-state index is 0.106. The Bertz CT molecular complexity index is 551. The lowest BCUT2D eigenvalue weighted by atomic mass is 10.1. The van der Waals surface area contributed by atoms with Gasteiger partial charge < -0.3 is 19.3 Å². The van der Waals surface area contributed by atoms with Crippen molar-refractivity contribution in [3.8, 4) is 11.5 Å². The molecule has 5 heteroatoms. The quantitative estimate of drug-likeness (QED) is 0.847. The average molecular weight is 305 g/mol. The predicted octanol–water partition coefficient (Wildman–Crippen LogP) is 2.05. The van der Waals surface area contributed by atoms with Gasteiger partial charge in [-0.1, -0.05) is 6.07 Å². The Morgan fingerprint density at radius 3 is 2.73 bits per heavy atom. The molecule has 0 spiro atoms. The van der Waals surface area contributed by atoms with Crippen molar-refractivity contribution >= 4 is 5.91 Å². The topological polar surface area (TPSA) is 47.6 Å². The molecular weight excluding hydrogens is 280 g/mol. The number of benzene rings is 1. The van der Waals surface area contributed by atoms with E-state index in [0.29, 0.717) is 19.1 Å². The minimum Gasteiger partial charge on any atom is -0.454 e. The highest BCUT2D eigenvalue weighted by Crippen LogP contribution is 2.32. The summed E-state index contributed by atoms with van der Waals surface area (Å²) in [5, 5.41) is 3.02. The summed E-state index contributed by atoms with van der Waals surface area (Å²) in [7, 11) is 4.33. The van der Waals surface area contributed by atoms with Gasteiger partial charge >= 0.3 is 0 Å². The number of nitrogens with zero attached hydrogens (tertiary/aromatic N) is 1. The van der Waals surface area contributed by atoms with Gasteiger partial charge in [0.2, 0.25) is 6.79 Å². The molecule has 1 amide bonds. The van der Waals surface area contributed by atoms with E-state index in [1.807, 2.05) is 18.2 Å². The third-order valence-electron chi connectivity index (χ3n) is 4.79. The fourth-order valence-corrected chi connectivity index (χ4v) is 3.41. The summed E-state index contributed by atoms with van der Waals surface area (Å²) in [6.45, 7) is 1.34. The molecule has 1 fully saturated rings. The van der Waals surface area contributed by atoms with Gasteiger partial charge in [-0.05, 0) is 43.4 Å². The molecule has 1 N–H and O–H groups in total. The van der Waals surface area contributed by atoms with E-state index in [1.54, 1.807) is 0 Å². The van der Waals surface area contributed by atoms with Crippen molar-refractivity contribution < 1.29 is 18.8 Å². The monoisotopic (exact) mass is 305 g/mol. The Morgan fingerprint density at radius 2 is 1.95 bits per heavy atom. The summed E-state index contributed by atoms with van der Waals surface area (Å²) < 4.78 is 11.4. The number of likely N-dealkylation sites (N-methyl/N-ethyl adjacent to an activating group) is 1. The molecule has 0 atom stereocenters. The first-order valence-corrected chi connectivity index (χ1v) is 8.02. The van der Waals surface area contributed by atoms with Gasteiger partial charge in [-0.2, -0.15) is 0 Å². The highest BCUT2D eigenvalue weighted by atomic mass is 16.7. The van der Waals surface area contributed by atoms with Gasteiger partial charge in [0.1, 0.15) is 0 Å². The second-order valence-corrected chi connectivity index (χ2v) is 6.84. The van der Waals surface area contributed by atoms with E-state index >= 15 is 0 Å². The van der Waals surface area contributed by atoms with Crippen LogP contribution in [0.3, 0.4) is 0 Å². The molecule has 22 heavy (non-hydrogen) atoms. The number of amides is 1. The first-order chi connectivity index (χ1) is 10.5. The number of quaternary nitrogens is 1. The summed E-state index contributed by atoms with van der Waals surface area (Å²) >= 11 is 0. The van der Waals surface area contributed by atoms with Crippen LogP contribution in [0.4, 0.5) is 0 Å². The highest BCUT2D eigenvalue weighted by Gasteiger charge is 2.32. The number of rotatable bonds is 5. The Hall–Kier alpha value is -1.75. The Labute approximate surface area is 131 Å². The Balaban J connectivity index is 1.51. The fourth-order valence-electron chi connectivity index (χ4n) is 3.41. The van der Waals surface area contributed by atoms with Crippen LogP contribution in [0, 0.1) is 0 Å². The predicted molar refractivity (Wildman–Crippen MR) is 83.6 cm³/mol. The lowest BCUT2D eigenvalue weighted by Gasteiger charge is -2.35. The molecule has 0 radical (unpaired) electrons. The van der Waals surface area contributed by atoms with Crippen molar-refractivity contribution in [1.82, 2.24) is 5.32 Å². The first-order valence-electron chi connectivity index (χ1n) is 8.02. The number of ether oxygens (including phenoxy) is 2. The lowest BCUT2D eigenvalue weighted by molar-refractivity contribution is -0.906. The van der Waals surface area contributed by atoms with Gasteiger partial charge in [-0.3, -0.25) is 4.79 Å². The van der Waals surface area contributed by atoms with Crippen LogP contribution in [0.15, 0.2) is 18.2 Å². The van der Waals surface area contributed by atoms with E-state index in [0.717, 1.165) is 21.5 Å². The summed E-state index contributed by atoms with van der Waals surface area (Å²) in [5.41, 5.74) is 1.03. The van der Waals surface area contributed by atoms with E-state index in [-0.39, 0.29) is 12.7 Å². The number of fused-ring (bicyclic) bond motifs is 1. The zero-order chi connectivity index (χ0) is 15.6. The van der Waals surface area contributed by atoms with Crippen LogP contribution < -0.4 is 14.8 Å². The number of carbonyl (C=O) groups is 1. The van der Waals surface area contributed by atoms with E-state index in [9.17, 15) is 4.79 Å². The summed E-state index contributed by atoms with van der Waals surface area (Å²) in [4.78, 5) is 12.2. The first kappa shape index (κ1) is 15.2. The van der Waals surface area contributed by atoms with Crippen LogP contribution in [-0.4, -0.2) is 43.9 Å². The van der Waals surface area contributed by atoms with E-state index in [1.165, 1.54) is 25.7 Å². The molecule has 0 unspecified atom stereocenters. The molecule has 3 rings (SSSR count). The average Bonchev–Trinajstić information content (AvgIpc) is 3.15. The van der Waals surface area contributed by atoms with E-state index < -0.39 is 0 Å². The molecule has 1 aliphatic carbocycles. The van der Waals surface area contributed by atoms with E-state index in [2.05, 4.69) is 19.4 Å². The van der Waals surface area contributed by atoms with Crippen molar-refractivity contribution in [2.45, 2.75) is 38.3 Å². The molecule has 1 heterocycles. The maximum absolute atomic E-state index is 12.2. The van der Waals surface area contributed by atoms with Crippen molar-refractivity contribution in [3.05, 3.63) is 23.8 Å². The molecule has 0 aromatic heterocycles.